The Kier molecular flexibility index (Phi) is 1.30. The molecule has 2 aromatic rings. The van der Waals surface area contributed by atoms with E-state index in [1.54, 1.807) is 6.07 Å². The summed E-state index contributed by atoms with van der Waals surface area (Å²) in [6.45, 7) is 0. The Balaban J connectivity index is 2.88. The van der Waals surface area contributed by atoms with Crippen molar-refractivity contribution in [2.45, 2.75) is 0 Å². The van der Waals surface area contributed by atoms with E-state index in [2.05, 4.69) is 15.0 Å². The van der Waals surface area contributed by atoms with Crippen molar-refractivity contribution < 1.29 is 0 Å². The molecule has 0 aliphatic carbocycles. The van der Waals surface area contributed by atoms with Gasteiger partial charge in [0.15, 0.2) is 5.65 Å². The van der Waals surface area contributed by atoms with Gasteiger partial charge in [0.25, 0.3) is 0 Å². The third-order valence-corrected chi connectivity index (χ3v) is 1.54. The van der Waals surface area contributed by atoms with E-state index in [1.807, 2.05) is 0 Å². The van der Waals surface area contributed by atoms with E-state index in [1.165, 1.54) is 12.5 Å². The van der Waals surface area contributed by atoms with Gasteiger partial charge in [-0.2, -0.15) is 0 Å². The number of rotatable bonds is 0. The Hall–Kier alpha value is -1.91. The van der Waals surface area contributed by atoms with Crippen LogP contribution in [0.25, 0.3) is 11.0 Å². The van der Waals surface area contributed by atoms with Gasteiger partial charge in [-0.25, -0.2) is 15.0 Å². The number of fused-ring (bicyclic) bond motifs is 1. The Bertz CT molecular complexity index is 425. The van der Waals surface area contributed by atoms with Crippen LogP contribution in [-0.4, -0.2) is 15.0 Å². The molecule has 0 fully saturated rings. The molecular formula is C7H7N5. The second kappa shape index (κ2) is 2.30. The lowest BCUT2D eigenvalue weighted by Gasteiger charge is -1.98. The van der Waals surface area contributed by atoms with Gasteiger partial charge in [-0.1, -0.05) is 0 Å². The highest BCUT2D eigenvalue weighted by atomic mass is 15.0. The van der Waals surface area contributed by atoms with E-state index in [0.29, 0.717) is 22.5 Å². The normalized spacial score (nSPS) is 10.3. The molecule has 0 spiro atoms. The van der Waals surface area contributed by atoms with Crippen molar-refractivity contribution in [1.29, 1.82) is 0 Å². The van der Waals surface area contributed by atoms with Crippen LogP contribution in [0.3, 0.4) is 0 Å². The molecule has 4 N–H and O–H groups in total. The van der Waals surface area contributed by atoms with Crippen LogP contribution in [0.5, 0.6) is 0 Å². The van der Waals surface area contributed by atoms with Gasteiger partial charge in [-0.05, 0) is 6.07 Å². The number of nitrogen functional groups attached to an aromatic ring is 2. The highest BCUT2D eigenvalue weighted by molar-refractivity contribution is 5.86. The molecule has 0 aromatic carbocycles. The van der Waals surface area contributed by atoms with Crippen molar-refractivity contribution in [3.05, 3.63) is 18.6 Å². The summed E-state index contributed by atoms with van der Waals surface area (Å²) in [6.07, 6.45) is 2.91. The first kappa shape index (κ1) is 6.78. The van der Waals surface area contributed by atoms with E-state index in [0.717, 1.165) is 0 Å². The minimum atomic E-state index is 0.403. The molecule has 0 atom stereocenters. The number of pyridine rings is 1. The molecular weight excluding hydrogens is 154 g/mol. The zero-order valence-electron chi connectivity index (χ0n) is 6.23. The lowest BCUT2D eigenvalue weighted by molar-refractivity contribution is 1.19. The molecule has 2 heterocycles. The number of aromatic nitrogens is 3. The summed E-state index contributed by atoms with van der Waals surface area (Å²) in [5.74, 6) is 0.403. The zero-order valence-corrected chi connectivity index (χ0v) is 6.23. The largest absolute Gasteiger partial charge is 0.397 e. The van der Waals surface area contributed by atoms with E-state index in [-0.39, 0.29) is 0 Å². The minimum absolute atomic E-state index is 0.403. The quantitative estimate of drug-likeness (QED) is 0.575. The van der Waals surface area contributed by atoms with Crippen molar-refractivity contribution in [2.24, 2.45) is 0 Å². The molecule has 2 rings (SSSR count). The second-order valence-electron chi connectivity index (χ2n) is 2.40. The van der Waals surface area contributed by atoms with Gasteiger partial charge in [0, 0.05) is 0 Å². The summed E-state index contributed by atoms with van der Waals surface area (Å²) < 4.78 is 0. The first-order chi connectivity index (χ1) is 5.77. The summed E-state index contributed by atoms with van der Waals surface area (Å²) in [5, 5.41) is 0.692. The SMILES string of the molecule is Nc1cnc2ncnc(N)c2c1. The maximum atomic E-state index is 5.58. The third kappa shape index (κ3) is 0.914. The predicted molar refractivity (Wildman–Crippen MR) is 46.2 cm³/mol. The standard InChI is InChI=1S/C7H7N5/c8-4-1-5-6(9)11-3-12-7(5)10-2-4/h1-3H,8H2,(H2,9,10,11,12). The number of anilines is 2. The van der Waals surface area contributed by atoms with Gasteiger partial charge in [-0.3, -0.25) is 0 Å². The molecule has 0 saturated carbocycles. The highest BCUT2D eigenvalue weighted by Gasteiger charge is 2.00. The average Bonchev–Trinajstić information content (AvgIpc) is 2.07. The van der Waals surface area contributed by atoms with Crippen molar-refractivity contribution in [3.63, 3.8) is 0 Å². The van der Waals surface area contributed by atoms with Crippen LogP contribution in [0.2, 0.25) is 0 Å². The molecule has 0 unspecified atom stereocenters. The van der Waals surface area contributed by atoms with Gasteiger partial charge < -0.3 is 11.5 Å². The van der Waals surface area contributed by atoms with Gasteiger partial charge in [0.2, 0.25) is 0 Å². The molecule has 2 aromatic heterocycles. The molecule has 12 heavy (non-hydrogen) atoms. The van der Waals surface area contributed by atoms with E-state index >= 15 is 0 Å². The van der Waals surface area contributed by atoms with Crippen LogP contribution in [0, 0.1) is 0 Å². The van der Waals surface area contributed by atoms with Crippen LogP contribution in [0.15, 0.2) is 18.6 Å². The van der Waals surface area contributed by atoms with Crippen LogP contribution in [0.4, 0.5) is 11.5 Å². The summed E-state index contributed by atoms with van der Waals surface area (Å²) in [4.78, 5) is 11.7. The van der Waals surface area contributed by atoms with Gasteiger partial charge in [-0.15, -0.1) is 0 Å². The fraction of sp³-hybridized carbons (Fsp3) is 0. The van der Waals surface area contributed by atoms with Gasteiger partial charge in [0.1, 0.15) is 12.1 Å². The smallest absolute Gasteiger partial charge is 0.164 e. The lowest BCUT2D eigenvalue weighted by atomic mass is 10.3. The average molecular weight is 161 g/mol. The van der Waals surface area contributed by atoms with Crippen LogP contribution >= 0.6 is 0 Å². The molecule has 5 heteroatoms. The summed E-state index contributed by atoms with van der Waals surface area (Å²) in [5.41, 5.74) is 12.2. The molecule has 0 saturated heterocycles. The molecule has 5 nitrogen and oxygen atoms in total. The fourth-order valence-corrected chi connectivity index (χ4v) is 0.980. The molecule has 60 valence electrons. The van der Waals surface area contributed by atoms with Crippen molar-refractivity contribution >= 4 is 22.5 Å². The molecule has 0 amide bonds. The second-order valence-corrected chi connectivity index (χ2v) is 2.40. The molecule has 0 aliphatic rings. The monoisotopic (exact) mass is 161 g/mol. The lowest BCUT2D eigenvalue weighted by Crippen LogP contribution is -1.96. The van der Waals surface area contributed by atoms with Crippen LogP contribution < -0.4 is 11.5 Å². The molecule has 0 bridgehead atoms. The molecule has 0 aliphatic heterocycles. The van der Waals surface area contributed by atoms with E-state index in [9.17, 15) is 0 Å². The van der Waals surface area contributed by atoms with E-state index in [4.69, 9.17) is 11.5 Å². The Morgan fingerprint density at radius 1 is 1.08 bits per heavy atom. The zero-order chi connectivity index (χ0) is 8.55. The number of nitrogens with two attached hydrogens (primary N) is 2. The van der Waals surface area contributed by atoms with Gasteiger partial charge in [0.05, 0.1) is 17.3 Å². The van der Waals surface area contributed by atoms with Crippen LogP contribution in [-0.2, 0) is 0 Å². The Morgan fingerprint density at radius 2 is 1.92 bits per heavy atom. The topological polar surface area (TPSA) is 90.7 Å². The summed E-state index contributed by atoms with van der Waals surface area (Å²) >= 11 is 0. The third-order valence-electron chi connectivity index (χ3n) is 1.54. The fourth-order valence-electron chi connectivity index (χ4n) is 0.980. The minimum Gasteiger partial charge on any atom is -0.397 e. The number of nitrogens with zero attached hydrogens (tertiary/aromatic N) is 3. The van der Waals surface area contributed by atoms with E-state index < -0.39 is 0 Å². The Morgan fingerprint density at radius 3 is 2.75 bits per heavy atom. The maximum Gasteiger partial charge on any atom is 0.164 e. The summed E-state index contributed by atoms with van der Waals surface area (Å²) in [6, 6.07) is 1.71. The molecule has 0 radical (unpaired) electrons. The predicted octanol–water partition coefficient (Wildman–Crippen LogP) is 0.189. The Labute approximate surface area is 68.5 Å². The van der Waals surface area contributed by atoms with Gasteiger partial charge >= 0.3 is 0 Å². The first-order valence-electron chi connectivity index (χ1n) is 3.39. The van der Waals surface area contributed by atoms with Crippen LogP contribution in [0.1, 0.15) is 0 Å². The van der Waals surface area contributed by atoms with Crippen molar-refractivity contribution in [2.75, 3.05) is 11.5 Å². The van der Waals surface area contributed by atoms with Crippen molar-refractivity contribution in [1.82, 2.24) is 15.0 Å². The highest BCUT2D eigenvalue weighted by Crippen LogP contribution is 2.15. The maximum absolute atomic E-state index is 5.58. The number of hydrogen-bond donors (Lipinski definition) is 2. The number of hydrogen-bond acceptors (Lipinski definition) is 5. The summed E-state index contributed by atoms with van der Waals surface area (Å²) in [7, 11) is 0. The van der Waals surface area contributed by atoms with Crippen molar-refractivity contribution in [3.8, 4) is 0 Å². The first-order valence-corrected chi connectivity index (χ1v) is 3.39.